The van der Waals surface area contributed by atoms with Crippen LogP contribution in [0.1, 0.15) is 18.1 Å². The van der Waals surface area contributed by atoms with Gasteiger partial charge < -0.3 is 0 Å². The SMILES string of the molecule is CCc1ccc(-c2ccc(C/C=C/F)cc2)cc1. The molecule has 0 N–H and O–H groups in total. The molecular weight excluding hydrogens is 223 g/mol. The van der Waals surface area contributed by atoms with Gasteiger partial charge in [0.1, 0.15) is 0 Å². The fourth-order valence-electron chi connectivity index (χ4n) is 1.95. The quantitative estimate of drug-likeness (QED) is 0.710. The molecule has 2 rings (SSSR count). The highest BCUT2D eigenvalue weighted by atomic mass is 19.1. The van der Waals surface area contributed by atoms with Crippen LogP contribution in [0.15, 0.2) is 60.9 Å². The molecule has 0 saturated carbocycles. The smallest absolute Gasteiger partial charge is 0.0830 e. The Morgan fingerprint density at radius 3 is 1.78 bits per heavy atom. The Morgan fingerprint density at radius 2 is 1.33 bits per heavy atom. The molecule has 0 nitrogen and oxygen atoms in total. The van der Waals surface area contributed by atoms with Gasteiger partial charge >= 0.3 is 0 Å². The van der Waals surface area contributed by atoms with Gasteiger partial charge in [-0.15, -0.1) is 0 Å². The maximum atomic E-state index is 11.9. The van der Waals surface area contributed by atoms with Crippen LogP contribution in [-0.4, -0.2) is 0 Å². The standard InChI is InChI=1S/C17H17F/c1-2-14-5-9-16(10-6-14)17-11-7-15(8-12-17)4-3-13-18/h3,5-13H,2,4H2,1H3/b13-3+. The van der Waals surface area contributed by atoms with Gasteiger partial charge in [-0.1, -0.05) is 61.5 Å². The van der Waals surface area contributed by atoms with Crippen LogP contribution in [0.5, 0.6) is 0 Å². The minimum atomic E-state index is 0.595. The average Bonchev–Trinajstić information content (AvgIpc) is 2.46. The summed E-state index contributed by atoms with van der Waals surface area (Å²) in [5.74, 6) is 0. The highest BCUT2D eigenvalue weighted by molar-refractivity contribution is 5.64. The number of hydrogen-bond donors (Lipinski definition) is 0. The van der Waals surface area contributed by atoms with Gasteiger partial charge in [0.15, 0.2) is 0 Å². The lowest BCUT2D eigenvalue weighted by molar-refractivity contribution is 0.716. The first kappa shape index (κ1) is 12.6. The van der Waals surface area contributed by atoms with Crippen LogP contribution in [0.25, 0.3) is 11.1 Å². The topological polar surface area (TPSA) is 0 Å². The normalized spacial score (nSPS) is 11.0. The van der Waals surface area contributed by atoms with Crippen molar-refractivity contribution < 1.29 is 4.39 Å². The zero-order valence-electron chi connectivity index (χ0n) is 10.6. The monoisotopic (exact) mass is 240 g/mol. The number of aryl methyl sites for hydroxylation is 1. The molecule has 0 unspecified atom stereocenters. The zero-order valence-corrected chi connectivity index (χ0v) is 10.6. The van der Waals surface area contributed by atoms with E-state index in [9.17, 15) is 4.39 Å². The van der Waals surface area contributed by atoms with Gasteiger partial charge in [0.25, 0.3) is 0 Å². The molecular formula is C17H17F. The molecule has 0 spiro atoms. The third-order valence-electron chi connectivity index (χ3n) is 3.09. The number of halogens is 1. The average molecular weight is 240 g/mol. The summed E-state index contributed by atoms with van der Waals surface area (Å²) in [7, 11) is 0. The summed E-state index contributed by atoms with van der Waals surface area (Å²) in [4.78, 5) is 0. The Kier molecular flexibility index (Phi) is 4.30. The minimum absolute atomic E-state index is 0.595. The van der Waals surface area contributed by atoms with Crippen molar-refractivity contribution in [2.24, 2.45) is 0 Å². The Morgan fingerprint density at radius 1 is 0.833 bits per heavy atom. The second-order valence-corrected chi connectivity index (χ2v) is 4.31. The number of rotatable bonds is 4. The Balaban J connectivity index is 2.17. The molecule has 0 saturated heterocycles. The van der Waals surface area contributed by atoms with E-state index in [-0.39, 0.29) is 0 Å². The minimum Gasteiger partial charge on any atom is -0.216 e. The van der Waals surface area contributed by atoms with E-state index in [0.717, 1.165) is 12.0 Å². The van der Waals surface area contributed by atoms with Crippen molar-refractivity contribution in [1.82, 2.24) is 0 Å². The van der Waals surface area contributed by atoms with Crippen molar-refractivity contribution in [1.29, 1.82) is 0 Å². The number of hydrogen-bond acceptors (Lipinski definition) is 0. The first-order valence-electron chi connectivity index (χ1n) is 6.27. The summed E-state index contributed by atoms with van der Waals surface area (Å²) in [6.07, 6.45) is 3.82. The molecule has 0 bridgehead atoms. The predicted molar refractivity (Wildman–Crippen MR) is 75.2 cm³/mol. The lowest BCUT2D eigenvalue weighted by atomic mass is 10.0. The summed E-state index contributed by atoms with van der Waals surface area (Å²) >= 11 is 0. The van der Waals surface area contributed by atoms with E-state index in [1.165, 1.54) is 22.8 Å². The Labute approximate surface area is 108 Å². The van der Waals surface area contributed by atoms with Crippen molar-refractivity contribution in [2.45, 2.75) is 19.8 Å². The van der Waals surface area contributed by atoms with E-state index in [4.69, 9.17) is 0 Å². The third kappa shape index (κ3) is 3.07. The fourth-order valence-corrected chi connectivity index (χ4v) is 1.95. The summed E-state index contributed by atoms with van der Waals surface area (Å²) in [6, 6.07) is 16.9. The molecule has 0 aliphatic carbocycles. The van der Waals surface area contributed by atoms with Crippen LogP contribution >= 0.6 is 0 Å². The summed E-state index contributed by atoms with van der Waals surface area (Å²) in [5.41, 5.74) is 4.90. The largest absolute Gasteiger partial charge is 0.216 e. The van der Waals surface area contributed by atoms with Gasteiger partial charge in [-0.2, -0.15) is 0 Å². The maximum Gasteiger partial charge on any atom is 0.0830 e. The van der Waals surface area contributed by atoms with Crippen molar-refractivity contribution in [2.75, 3.05) is 0 Å². The van der Waals surface area contributed by atoms with E-state index in [0.29, 0.717) is 12.8 Å². The lowest BCUT2D eigenvalue weighted by Gasteiger charge is -2.04. The fraction of sp³-hybridized carbons (Fsp3) is 0.176. The van der Waals surface area contributed by atoms with Crippen LogP contribution in [-0.2, 0) is 12.8 Å². The van der Waals surface area contributed by atoms with Crippen LogP contribution in [0, 0.1) is 0 Å². The molecule has 0 aliphatic rings. The molecule has 92 valence electrons. The molecule has 0 aromatic heterocycles. The number of benzene rings is 2. The van der Waals surface area contributed by atoms with Crippen LogP contribution in [0.4, 0.5) is 4.39 Å². The summed E-state index contributed by atoms with van der Waals surface area (Å²) < 4.78 is 11.9. The van der Waals surface area contributed by atoms with Gasteiger partial charge in [-0.05, 0) is 35.1 Å². The van der Waals surface area contributed by atoms with Crippen LogP contribution in [0.3, 0.4) is 0 Å². The molecule has 18 heavy (non-hydrogen) atoms. The van der Waals surface area contributed by atoms with Crippen molar-refractivity contribution in [3.8, 4) is 11.1 Å². The van der Waals surface area contributed by atoms with E-state index in [2.05, 4.69) is 43.3 Å². The van der Waals surface area contributed by atoms with Crippen LogP contribution < -0.4 is 0 Å². The van der Waals surface area contributed by atoms with Crippen molar-refractivity contribution in [3.63, 3.8) is 0 Å². The zero-order chi connectivity index (χ0) is 12.8. The second kappa shape index (κ2) is 6.15. The molecule has 1 heteroatoms. The van der Waals surface area contributed by atoms with Crippen molar-refractivity contribution >= 4 is 0 Å². The highest BCUT2D eigenvalue weighted by Crippen LogP contribution is 2.20. The molecule has 2 aromatic carbocycles. The molecule has 0 radical (unpaired) electrons. The van der Waals surface area contributed by atoms with Crippen LogP contribution in [0.2, 0.25) is 0 Å². The lowest BCUT2D eigenvalue weighted by Crippen LogP contribution is -1.84. The second-order valence-electron chi connectivity index (χ2n) is 4.31. The van der Waals surface area contributed by atoms with Gasteiger partial charge in [0, 0.05) is 0 Å². The molecule has 0 atom stereocenters. The molecule has 2 aromatic rings. The van der Waals surface area contributed by atoms with E-state index >= 15 is 0 Å². The molecule has 0 fully saturated rings. The molecule has 0 amide bonds. The van der Waals surface area contributed by atoms with Gasteiger partial charge in [-0.25, -0.2) is 4.39 Å². The predicted octanol–water partition coefficient (Wildman–Crippen LogP) is 4.94. The Bertz CT molecular complexity index is 506. The summed E-state index contributed by atoms with van der Waals surface area (Å²) in [5, 5.41) is 0. The van der Waals surface area contributed by atoms with E-state index in [1.807, 2.05) is 12.1 Å². The highest BCUT2D eigenvalue weighted by Gasteiger charge is 1.98. The van der Waals surface area contributed by atoms with E-state index in [1.54, 1.807) is 0 Å². The van der Waals surface area contributed by atoms with E-state index < -0.39 is 0 Å². The maximum absolute atomic E-state index is 11.9. The first-order chi connectivity index (χ1) is 8.83. The third-order valence-corrected chi connectivity index (χ3v) is 3.09. The van der Waals surface area contributed by atoms with Gasteiger partial charge in [0.2, 0.25) is 0 Å². The molecule has 0 aliphatic heterocycles. The first-order valence-corrected chi connectivity index (χ1v) is 6.27. The van der Waals surface area contributed by atoms with Gasteiger partial charge in [-0.3, -0.25) is 0 Å². The van der Waals surface area contributed by atoms with Crippen molar-refractivity contribution in [3.05, 3.63) is 72.1 Å². The number of allylic oxidation sites excluding steroid dienone is 1. The molecule has 0 heterocycles. The summed E-state index contributed by atoms with van der Waals surface area (Å²) in [6.45, 7) is 2.15. The Hall–Kier alpha value is -1.89. The van der Waals surface area contributed by atoms with Gasteiger partial charge in [0.05, 0.1) is 6.33 Å².